The molecule has 0 bridgehead atoms. The van der Waals surface area contributed by atoms with Crippen LogP contribution in [0.5, 0.6) is 0 Å². The highest BCUT2D eigenvalue weighted by Gasteiger charge is 2.49. The Balaban J connectivity index is 1.23. The van der Waals surface area contributed by atoms with Gasteiger partial charge in [0.2, 0.25) is 0 Å². The summed E-state index contributed by atoms with van der Waals surface area (Å²) in [7, 11) is 0. The molecule has 0 spiro atoms. The molecule has 6 heterocycles. The first-order valence-electron chi connectivity index (χ1n) is 24.2. The maximum atomic E-state index is 11.2. The lowest BCUT2D eigenvalue weighted by atomic mass is 9.35. The van der Waals surface area contributed by atoms with Gasteiger partial charge in [0.15, 0.2) is 5.58 Å². The first-order chi connectivity index (χ1) is 32.2. The van der Waals surface area contributed by atoms with Crippen molar-refractivity contribution in [3.8, 4) is 11.8 Å². The fraction of sp³-hybridized carbons (Fsp3) is 0.262. The lowest BCUT2D eigenvalue weighted by Crippen LogP contribution is -2.61. The normalized spacial score (nSPS) is 14.4. The van der Waals surface area contributed by atoms with Crippen molar-refractivity contribution in [2.45, 2.75) is 105 Å². The van der Waals surface area contributed by atoms with Gasteiger partial charge in [0.05, 0.1) is 51.1 Å². The van der Waals surface area contributed by atoms with Crippen LogP contribution in [0.1, 0.15) is 111 Å². The van der Waals surface area contributed by atoms with Crippen molar-refractivity contribution in [3.63, 3.8) is 0 Å². The van der Waals surface area contributed by atoms with E-state index < -0.39 is 0 Å². The van der Waals surface area contributed by atoms with Crippen LogP contribution in [0.3, 0.4) is 0 Å². The zero-order valence-electron chi connectivity index (χ0n) is 41.2. The number of aromatic nitrogens is 1. The molecule has 0 atom stereocenters. The molecule has 0 aliphatic carbocycles. The molecule has 0 saturated heterocycles. The van der Waals surface area contributed by atoms with E-state index in [2.05, 4.69) is 213 Å². The van der Waals surface area contributed by atoms with Crippen LogP contribution in [0.15, 0.2) is 120 Å². The highest BCUT2D eigenvalue weighted by Crippen LogP contribution is 2.56. The number of nitrogens with zero attached hydrogens (tertiary/aromatic N) is 4. The molecular formula is C61H55BN4OS. The number of para-hydroxylation sites is 2. The molecule has 7 heteroatoms. The summed E-state index contributed by atoms with van der Waals surface area (Å²) in [5.41, 5.74) is 19.8. The van der Waals surface area contributed by atoms with E-state index in [1.807, 2.05) is 17.4 Å². The summed E-state index contributed by atoms with van der Waals surface area (Å²) < 4.78 is 12.1. The Bertz CT molecular complexity index is 3940. The number of anilines is 6. The molecule has 13 rings (SSSR count). The van der Waals surface area contributed by atoms with Crippen LogP contribution >= 0.6 is 11.3 Å². The standard InChI is InChI=1S/C61H55BN4OS/c1-58(2,3)34-20-22-44-40(26-34)41-28-36(60(7,8)9)30-48-53(41)64(44)49-31-37(61(10,11)12)29-43-55(49)66(48)47-25-33(32-63)24-46-52(47)62(43)57-54(42-27-35(59(4,5)6)21-23-51(42)68-57)65(46)45-18-15-17-39-38-16-13-14-19-50(38)67-56(39)45/h13-31H,1-12H3. The van der Waals surface area contributed by atoms with Crippen LogP contribution in [0.4, 0.5) is 34.1 Å². The Hall–Kier alpha value is -6.75. The Morgan fingerprint density at radius 3 is 1.81 bits per heavy atom. The second-order valence-corrected chi connectivity index (χ2v) is 24.9. The van der Waals surface area contributed by atoms with Gasteiger partial charge in [-0.3, -0.25) is 0 Å². The number of fused-ring (bicyclic) bond motifs is 14. The third-order valence-corrected chi connectivity index (χ3v) is 16.5. The van der Waals surface area contributed by atoms with Crippen molar-refractivity contribution in [3.05, 3.63) is 143 Å². The van der Waals surface area contributed by atoms with Crippen molar-refractivity contribution < 1.29 is 4.42 Å². The number of hydrogen-bond donors (Lipinski definition) is 0. The summed E-state index contributed by atoms with van der Waals surface area (Å²) in [6, 6.07) is 46.1. The zero-order chi connectivity index (χ0) is 47.3. The molecule has 3 aliphatic rings. The number of thiophene rings is 1. The van der Waals surface area contributed by atoms with E-state index in [0.29, 0.717) is 5.56 Å². The van der Waals surface area contributed by atoms with E-state index in [1.54, 1.807) is 0 Å². The van der Waals surface area contributed by atoms with Crippen LogP contribution in [0.2, 0.25) is 0 Å². The maximum absolute atomic E-state index is 11.2. The van der Waals surface area contributed by atoms with Crippen molar-refractivity contribution in [1.82, 2.24) is 4.57 Å². The number of benzene rings is 7. The third kappa shape index (κ3) is 5.56. The Morgan fingerprint density at radius 1 is 0.515 bits per heavy atom. The molecule has 0 saturated carbocycles. The lowest BCUT2D eigenvalue weighted by Gasteiger charge is -2.46. The van der Waals surface area contributed by atoms with Gasteiger partial charge < -0.3 is 18.8 Å². The van der Waals surface area contributed by atoms with E-state index in [4.69, 9.17) is 4.42 Å². The van der Waals surface area contributed by atoms with Crippen molar-refractivity contribution >= 4 is 122 Å². The van der Waals surface area contributed by atoms with Gasteiger partial charge in [-0.2, -0.15) is 5.26 Å². The minimum atomic E-state index is -0.149. The summed E-state index contributed by atoms with van der Waals surface area (Å²) in [5.74, 6) is 0. The quantitative estimate of drug-likeness (QED) is 0.154. The molecule has 5 nitrogen and oxygen atoms in total. The largest absolute Gasteiger partial charge is 0.454 e. The second-order valence-electron chi connectivity index (χ2n) is 23.8. The van der Waals surface area contributed by atoms with Gasteiger partial charge in [-0.15, -0.1) is 11.3 Å². The summed E-state index contributed by atoms with van der Waals surface area (Å²) in [5, 5.41) is 17.1. The van der Waals surface area contributed by atoms with E-state index >= 15 is 0 Å². The third-order valence-electron chi connectivity index (χ3n) is 15.3. The predicted molar refractivity (Wildman–Crippen MR) is 291 cm³/mol. The van der Waals surface area contributed by atoms with Crippen LogP contribution in [0, 0.1) is 11.3 Å². The maximum Gasteiger partial charge on any atom is 0.264 e. The van der Waals surface area contributed by atoms with Crippen LogP contribution in [0.25, 0.3) is 59.5 Å². The molecule has 0 amide bonds. The van der Waals surface area contributed by atoms with Gasteiger partial charge >= 0.3 is 0 Å². The van der Waals surface area contributed by atoms with Crippen molar-refractivity contribution in [1.29, 1.82) is 5.26 Å². The van der Waals surface area contributed by atoms with Crippen LogP contribution in [-0.4, -0.2) is 11.3 Å². The molecule has 3 aromatic heterocycles. The second kappa shape index (κ2) is 13.3. The molecule has 7 aromatic carbocycles. The minimum absolute atomic E-state index is 0.0214. The summed E-state index contributed by atoms with van der Waals surface area (Å²) >= 11 is 1.92. The Morgan fingerprint density at radius 2 is 1.12 bits per heavy atom. The zero-order valence-corrected chi connectivity index (χ0v) is 42.0. The molecule has 3 aliphatic heterocycles. The Labute approximate surface area is 403 Å². The first kappa shape index (κ1) is 41.4. The fourth-order valence-electron chi connectivity index (χ4n) is 11.6. The fourth-order valence-corrected chi connectivity index (χ4v) is 12.9. The monoisotopic (exact) mass is 902 g/mol. The molecule has 68 heavy (non-hydrogen) atoms. The number of furan rings is 1. The lowest BCUT2D eigenvalue weighted by molar-refractivity contribution is 0.590. The highest BCUT2D eigenvalue weighted by molar-refractivity contribution is 7.33. The molecular weight excluding hydrogens is 848 g/mol. The van der Waals surface area contributed by atoms with Crippen molar-refractivity contribution in [2.24, 2.45) is 0 Å². The van der Waals surface area contributed by atoms with Gasteiger partial charge in [-0.25, -0.2) is 0 Å². The first-order valence-corrected chi connectivity index (χ1v) is 25.0. The molecule has 10 aromatic rings. The van der Waals surface area contributed by atoms with E-state index in [-0.39, 0.29) is 28.4 Å². The van der Waals surface area contributed by atoms with Gasteiger partial charge in [0.1, 0.15) is 5.58 Å². The summed E-state index contributed by atoms with van der Waals surface area (Å²) in [6.07, 6.45) is 0. The average Bonchev–Trinajstić information content (AvgIpc) is 3.97. The Kier molecular flexibility index (Phi) is 8.09. The molecule has 0 N–H and O–H groups in total. The molecule has 334 valence electrons. The smallest absolute Gasteiger partial charge is 0.264 e. The van der Waals surface area contributed by atoms with Gasteiger partial charge in [-0.05, 0) is 122 Å². The average molecular weight is 903 g/mol. The van der Waals surface area contributed by atoms with Gasteiger partial charge in [0.25, 0.3) is 6.71 Å². The minimum Gasteiger partial charge on any atom is -0.454 e. The summed E-state index contributed by atoms with van der Waals surface area (Å²) in [6.45, 7) is 27.7. The van der Waals surface area contributed by atoms with E-state index in [9.17, 15) is 5.26 Å². The van der Waals surface area contributed by atoms with E-state index in [1.165, 1.54) is 86.9 Å². The van der Waals surface area contributed by atoms with Gasteiger partial charge in [0, 0.05) is 47.8 Å². The number of rotatable bonds is 1. The highest BCUT2D eigenvalue weighted by atomic mass is 32.1. The number of hydrogen-bond acceptors (Lipinski definition) is 5. The van der Waals surface area contributed by atoms with Crippen LogP contribution < -0.4 is 25.5 Å². The predicted octanol–water partition coefficient (Wildman–Crippen LogP) is 15.4. The van der Waals surface area contributed by atoms with Gasteiger partial charge in [-0.1, -0.05) is 132 Å². The summed E-state index contributed by atoms with van der Waals surface area (Å²) in [4.78, 5) is 5.03. The topological polar surface area (TPSA) is 48.3 Å². The molecule has 0 radical (unpaired) electrons. The van der Waals surface area contributed by atoms with Crippen molar-refractivity contribution in [2.75, 3.05) is 9.80 Å². The number of nitriles is 1. The van der Waals surface area contributed by atoms with E-state index in [0.717, 1.165) is 44.7 Å². The molecule has 0 unspecified atom stereocenters. The van der Waals surface area contributed by atoms with Crippen LogP contribution in [-0.2, 0) is 21.7 Å². The molecule has 0 fully saturated rings. The SMILES string of the molecule is CC(C)(C)c1cc2c3c(c1)-n1c4ccc(C(C)(C)C)cc4c4cc(C(C)(C)C)cc(c41)N3c1cc(C#N)cc3c1B2c1sc2ccc(C(C)(C)C)cc2c1N3c1cccc2c1oc1ccccc12.